The summed E-state index contributed by atoms with van der Waals surface area (Å²) in [5.41, 5.74) is 24.9. The van der Waals surface area contributed by atoms with Gasteiger partial charge in [0, 0.05) is 51.1 Å². The van der Waals surface area contributed by atoms with E-state index in [1.54, 1.807) is 0 Å². The summed E-state index contributed by atoms with van der Waals surface area (Å²) < 4.78 is 0. The number of nitrogens with zero attached hydrogens (tertiary/aromatic N) is 3. The second kappa shape index (κ2) is 33.1. The van der Waals surface area contributed by atoms with E-state index in [-0.39, 0.29) is 0 Å². The van der Waals surface area contributed by atoms with Crippen molar-refractivity contribution in [3.05, 3.63) is 491 Å². The molecule has 0 aliphatic rings. The highest BCUT2D eigenvalue weighted by Gasteiger charge is 2.21. The summed E-state index contributed by atoms with van der Waals surface area (Å²) in [6.45, 7) is 0. The van der Waals surface area contributed by atoms with Gasteiger partial charge in [0.25, 0.3) is 0 Å². The fourth-order valence-corrected chi connectivity index (χ4v) is 16.2. The Morgan fingerprint density at radius 1 is 0.103 bits per heavy atom. The first-order valence-corrected chi connectivity index (χ1v) is 40.1. The van der Waals surface area contributed by atoms with Crippen molar-refractivity contribution >= 4 is 116 Å². The van der Waals surface area contributed by atoms with Crippen molar-refractivity contribution in [2.45, 2.75) is 0 Å². The number of anilines is 9. The van der Waals surface area contributed by atoms with Crippen LogP contribution in [0.15, 0.2) is 491 Å². The second-order valence-corrected chi connectivity index (χ2v) is 29.6. The van der Waals surface area contributed by atoms with Gasteiger partial charge in [-0.3, -0.25) is 0 Å². The zero-order valence-corrected chi connectivity index (χ0v) is 64.6. The van der Waals surface area contributed by atoms with E-state index in [0.29, 0.717) is 0 Å². The molecule has 0 atom stereocenters. The zero-order chi connectivity index (χ0) is 78.1. The number of benzene rings is 21. The molecule has 0 saturated carbocycles. The van der Waals surface area contributed by atoms with Crippen LogP contribution in [0, 0.1) is 0 Å². The molecule has 0 fully saturated rings. The molecule has 0 aromatic heterocycles. The number of rotatable bonds is 15. The molecule has 0 aliphatic heterocycles. The molecule has 21 aromatic rings. The topological polar surface area (TPSA) is 9.72 Å². The maximum absolute atomic E-state index is 2.38. The van der Waals surface area contributed by atoms with Crippen LogP contribution in [0.5, 0.6) is 0 Å². The Morgan fingerprint density at radius 2 is 0.308 bits per heavy atom. The van der Waals surface area contributed by atoms with Gasteiger partial charge < -0.3 is 14.7 Å². The Balaban J connectivity index is 0.000000117. The first-order chi connectivity index (χ1) is 58.0. The Bertz CT molecular complexity index is 7020. The highest BCUT2D eigenvalue weighted by molar-refractivity contribution is 6.02. The van der Waals surface area contributed by atoms with Crippen molar-refractivity contribution in [2.75, 3.05) is 14.7 Å². The highest BCUT2D eigenvalue weighted by atomic mass is 15.2. The fourth-order valence-electron chi connectivity index (χ4n) is 16.2. The maximum atomic E-state index is 2.38. The van der Waals surface area contributed by atoms with E-state index in [2.05, 4.69) is 506 Å². The van der Waals surface area contributed by atoms with E-state index in [0.717, 1.165) is 51.2 Å². The molecule has 0 spiro atoms. The highest BCUT2D eigenvalue weighted by Crippen LogP contribution is 2.46. The van der Waals surface area contributed by atoms with Crippen molar-refractivity contribution < 1.29 is 0 Å². The smallest absolute Gasteiger partial charge is 0.0546 e. The van der Waals surface area contributed by atoms with Crippen LogP contribution in [0.2, 0.25) is 0 Å². The Morgan fingerprint density at radius 3 is 0.692 bits per heavy atom. The minimum atomic E-state index is 1.12. The van der Waals surface area contributed by atoms with Crippen molar-refractivity contribution in [1.29, 1.82) is 0 Å². The monoisotopic (exact) mass is 1490 g/mol. The fraction of sp³-hybridized carbons (Fsp3) is 0. The van der Waals surface area contributed by atoms with Crippen LogP contribution >= 0.6 is 0 Å². The largest absolute Gasteiger partial charge is 0.310 e. The first-order valence-electron chi connectivity index (χ1n) is 40.1. The van der Waals surface area contributed by atoms with Crippen molar-refractivity contribution in [1.82, 2.24) is 0 Å². The van der Waals surface area contributed by atoms with E-state index in [9.17, 15) is 0 Å². The van der Waals surface area contributed by atoms with Gasteiger partial charge in [-0.05, 0) is 265 Å². The van der Waals surface area contributed by atoms with Crippen LogP contribution in [-0.4, -0.2) is 0 Å². The maximum Gasteiger partial charge on any atom is 0.0546 e. The second-order valence-electron chi connectivity index (χ2n) is 29.6. The summed E-state index contributed by atoms with van der Waals surface area (Å²) in [5.74, 6) is 0. The van der Waals surface area contributed by atoms with Crippen molar-refractivity contribution in [3.63, 3.8) is 0 Å². The Labute approximate surface area is 684 Å². The van der Waals surface area contributed by atoms with Gasteiger partial charge in [0.2, 0.25) is 0 Å². The van der Waals surface area contributed by atoms with Gasteiger partial charge in [-0.25, -0.2) is 0 Å². The van der Waals surface area contributed by atoms with Gasteiger partial charge in [0.15, 0.2) is 0 Å². The SMILES string of the molecule is c1ccc(-c2ccc(N(c3ccccc3)c3cc4ccccc4cc3-c3ccc4ccccc4c3)cc2)cc1.c1ccc(-c2ccc(N(c3ccccc3)c3ccc4cc(-c5ccc6ccccc6c5)ccc4c3)cc2)cc1.c1ccc(-c2ccc(N(c3ccccc3)c3ccc4ccc(-c5ccc6ccccc6c5)cc4c3)cc2)cc1. The lowest BCUT2D eigenvalue weighted by atomic mass is 9.95. The molecule has 0 N–H and O–H groups in total. The predicted molar refractivity (Wildman–Crippen MR) is 501 cm³/mol. The van der Waals surface area contributed by atoms with Gasteiger partial charge in [-0.2, -0.15) is 0 Å². The normalized spacial score (nSPS) is 11.1. The lowest BCUT2D eigenvalue weighted by Gasteiger charge is -2.28. The van der Waals surface area contributed by atoms with Crippen molar-refractivity contribution in [3.8, 4) is 66.8 Å². The first kappa shape index (κ1) is 71.9. The molecule has 3 nitrogen and oxygen atoms in total. The van der Waals surface area contributed by atoms with E-state index < -0.39 is 0 Å². The molecule has 0 aliphatic carbocycles. The summed E-state index contributed by atoms with van der Waals surface area (Å²) in [6, 6.07) is 176. The van der Waals surface area contributed by atoms with E-state index in [1.165, 1.54) is 131 Å². The summed E-state index contributed by atoms with van der Waals surface area (Å²) in [5, 5.41) is 14.9. The molecule has 117 heavy (non-hydrogen) atoms. The Hall–Kier alpha value is -15.4. The summed E-state index contributed by atoms with van der Waals surface area (Å²) in [6.07, 6.45) is 0. The van der Waals surface area contributed by atoms with E-state index in [4.69, 9.17) is 0 Å². The third-order valence-electron chi connectivity index (χ3n) is 22.2. The summed E-state index contributed by atoms with van der Waals surface area (Å²) >= 11 is 0. The standard InChI is InChI=1S/3C38H27N/c1-3-11-28(12-4-1)30-21-23-36(24-22-30)39(35-17-5-2-6-18-35)38-27-33-16-10-9-15-32(33)26-37(38)34-20-19-29-13-7-8-14-31(29)25-34;1-3-9-28(10-4-1)30-19-22-37(23-20-30)39(36-13-5-2-6-14-36)38-24-21-31-16-18-34(26-35(31)27-38)33-17-15-29-11-7-8-12-32(29)25-33;1-3-9-28(10-4-1)30-19-22-37(23-20-30)39(36-13-5-2-6-14-36)38-24-21-34-26-33(17-18-35(34)27-38)32-16-15-29-11-7-8-12-31(29)25-32/h3*1-27H. The molecule has 552 valence electrons. The average Bonchev–Trinajstić information content (AvgIpc) is 0.465. The summed E-state index contributed by atoms with van der Waals surface area (Å²) in [4.78, 5) is 7.04. The number of para-hydroxylation sites is 3. The number of hydrogen-bond acceptors (Lipinski definition) is 3. The van der Waals surface area contributed by atoms with Crippen LogP contribution < -0.4 is 14.7 Å². The molecule has 3 heteroatoms. The minimum absolute atomic E-state index is 1.12. The molecular weight excluding hydrogens is 1410 g/mol. The number of hydrogen-bond donors (Lipinski definition) is 0. The molecule has 0 bridgehead atoms. The van der Waals surface area contributed by atoms with Crippen LogP contribution in [0.4, 0.5) is 51.2 Å². The van der Waals surface area contributed by atoms with E-state index >= 15 is 0 Å². The van der Waals surface area contributed by atoms with Gasteiger partial charge in [0.1, 0.15) is 0 Å². The molecule has 0 saturated heterocycles. The zero-order valence-electron chi connectivity index (χ0n) is 64.6. The quantitative estimate of drug-likeness (QED) is 0.101. The van der Waals surface area contributed by atoms with Gasteiger partial charge in [0.05, 0.1) is 5.69 Å². The van der Waals surface area contributed by atoms with Gasteiger partial charge >= 0.3 is 0 Å². The van der Waals surface area contributed by atoms with Gasteiger partial charge in [-0.1, -0.05) is 352 Å². The minimum Gasteiger partial charge on any atom is -0.310 e. The van der Waals surface area contributed by atoms with Crippen LogP contribution in [0.25, 0.3) is 131 Å². The molecular formula is C114H81N3. The number of fused-ring (bicyclic) bond motifs is 6. The lowest BCUT2D eigenvalue weighted by molar-refractivity contribution is 1.29. The third-order valence-corrected chi connectivity index (χ3v) is 22.2. The van der Waals surface area contributed by atoms with Gasteiger partial charge in [-0.15, -0.1) is 0 Å². The molecule has 0 heterocycles. The molecule has 0 unspecified atom stereocenters. The Kier molecular flexibility index (Phi) is 20.3. The molecule has 0 amide bonds. The molecule has 0 radical (unpaired) electrons. The van der Waals surface area contributed by atoms with E-state index in [1.807, 2.05) is 0 Å². The third kappa shape index (κ3) is 15.7. The summed E-state index contributed by atoms with van der Waals surface area (Å²) in [7, 11) is 0. The van der Waals surface area contributed by atoms with Crippen molar-refractivity contribution in [2.24, 2.45) is 0 Å². The predicted octanol–water partition coefficient (Wildman–Crippen LogP) is 32.4. The lowest BCUT2D eigenvalue weighted by Crippen LogP contribution is -2.11. The van der Waals surface area contributed by atoms with Crippen LogP contribution in [0.3, 0.4) is 0 Å². The van der Waals surface area contributed by atoms with Crippen LogP contribution in [0.1, 0.15) is 0 Å². The van der Waals surface area contributed by atoms with Crippen LogP contribution in [-0.2, 0) is 0 Å². The molecule has 21 aromatic carbocycles. The molecule has 21 rings (SSSR count). The average molecular weight is 1490 g/mol.